The van der Waals surface area contributed by atoms with Crippen LogP contribution in [0.3, 0.4) is 0 Å². The molecule has 2 aromatic heterocycles. The average Bonchev–Trinajstić information content (AvgIpc) is 3.31. The van der Waals surface area contributed by atoms with Gasteiger partial charge in [-0.05, 0) is 48.5 Å². The fourth-order valence-electron chi connectivity index (χ4n) is 2.07. The molecule has 2 heterocycles. The standard InChI is InChI=1S/C18H8Br2N4O2/c19-13-5-1-11(2-6-13)17-23-21-15(25-17)9-10-16-22-24-18(26-16)12-3-7-14(20)8-4-12/h1-8H. The van der Waals surface area contributed by atoms with Gasteiger partial charge in [-0.3, -0.25) is 0 Å². The van der Waals surface area contributed by atoms with Crippen LogP contribution in [0, 0.1) is 11.8 Å². The van der Waals surface area contributed by atoms with Crippen LogP contribution in [-0.2, 0) is 0 Å². The van der Waals surface area contributed by atoms with Gasteiger partial charge >= 0.3 is 0 Å². The van der Waals surface area contributed by atoms with E-state index in [1.54, 1.807) is 0 Å². The number of nitrogens with zero attached hydrogens (tertiary/aromatic N) is 4. The summed E-state index contributed by atoms with van der Waals surface area (Å²) in [6, 6.07) is 15.1. The quantitative estimate of drug-likeness (QED) is 0.394. The molecule has 6 nitrogen and oxygen atoms in total. The van der Waals surface area contributed by atoms with Crippen molar-refractivity contribution in [3.63, 3.8) is 0 Å². The highest BCUT2D eigenvalue weighted by atomic mass is 79.9. The molecule has 0 saturated carbocycles. The van der Waals surface area contributed by atoms with Crippen molar-refractivity contribution >= 4 is 31.9 Å². The normalized spacial score (nSPS) is 10.4. The minimum absolute atomic E-state index is 0.173. The summed E-state index contributed by atoms with van der Waals surface area (Å²) in [5.41, 5.74) is 1.62. The first-order valence-electron chi connectivity index (χ1n) is 7.38. The molecule has 0 aliphatic rings. The highest BCUT2D eigenvalue weighted by Crippen LogP contribution is 2.21. The smallest absolute Gasteiger partial charge is 0.294 e. The molecule has 0 aliphatic carbocycles. The van der Waals surface area contributed by atoms with Crippen molar-refractivity contribution in [3.8, 4) is 34.7 Å². The van der Waals surface area contributed by atoms with E-state index in [1.165, 1.54) is 0 Å². The second-order valence-electron chi connectivity index (χ2n) is 5.09. The van der Waals surface area contributed by atoms with Crippen LogP contribution in [0.25, 0.3) is 22.9 Å². The van der Waals surface area contributed by atoms with Crippen LogP contribution in [0.4, 0.5) is 0 Å². The molecule has 0 N–H and O–H groups in total. The van der Waals surface area contributed by atoms with Gasteiger partial charge in [0, 0.05) is 31.9 Å². The first-order valence-corrected chi connectivity index (χ1v) is 8.97. The maximum atomic E-state index is 5.53. The number of halogens is 2. The van der Waals surface area contributed by atoms with Crippen LogP contribution in [0.2, 0.25) is 0 Å². The van der Waals surface area contributed by atoms with Gasteiger partial charge in [-0.15, -0.1) is 10.2 Å². The second kappa shape index (κ2) is 7.23. The lowest BCUT2D eigenvalue weighted by atomic mass is 10.2. The summed E-state index contributed by atoms with van der Waals surface area (Å²) < 4.78 is 13.0. The van der Waals surface area contributed by atoms with Crippen LogP contribution >= 0.6 is 31.9 Å². The molecule has 4 rings (SSSR count). The Morgan fingerprint density at radius 3 is 1.35 bits per heavy atom. The van der Waals surface area contributed by atoms with Crippen molar-refractivity contribution in [3.05, 3.63) is 69.3 Å². The predicted octanol–water partition coefficient (Wildman–Crippen LogP) is 4.71. The zero-order valence-electron chi connectivity index (χ0n) is 13.0. The molecule has 0 bridgehead atoms. The van der Waals surface area contributed by atoms with Crippen molar-refractivity contribution in [2.24, 2.45) is 0 Å². The van der Waals surface area contributed by atoms with Crippen molar-refractivity contribution in [1.29, 1.82) is 0 Å². The van der Waals surface area contributed by atoms with E-state index >= 15 is 0 Å². The van der Waals surface area contributed by atoms with E-state index in [0.717, 1.165) is 20.1 Å². The molecule has 0 radical (unpaired) electrons. The van der Waals surface area contributed by atoms with Gasteiger partial charge < -0.3 is 8.83 Å². The van der Waals surface area contributed by atoms with E-state index in [2.05, 4.69) is 64.1 Å². The SMILES string of the molecule is Brc1ccc(-c2nnc(C#Cc3nnc(-c4ccc(Br)cc4)o3)o2)cc1. The van der Waals surface area contributed by atoms with Crippen LogP contribution in [0.5, 0.6) is 0 Å². The van der Waals surface area contributed by atoms with Gasteiger partial charge in [0.05, 0.1) is 0 Å². The van der Waals surface area contributed by atoms with Gasteiger partial charge in [-0.25, -0.2) is 0 Å². The summed E-state index contributed by atoms with van der Waals surface area (Å²) in [7, 11) is 0. The molecular weight excluding hydrogens is 464 g/mol. The monoisotopic (exact) mass is 470 g/mol. The van der Waals surface area contributed by atoms with E-state index in [1.807, 2.05) is 48.5 Å². The number of rotatable bonds is 2. The Morgan fingerprint density at radius 2 is 0.962 bits per heavy atom. The molecule has 0 spiro atoms. The third-order valence-electron chi connectivity index (χ3n) is 3.31. The first-order chi connectivity index (χ1) is 12.7. The maximum absolute atomic E-state index is 5.53. The predicted molar refractivity (Wildman–Crippen MR) is 101 cm³/mol. The van der Waals surface area contributed by atoms with Gasteiger partial charge in [0.15, 0.2) is 0 Å². The molecule has 126 valence electrons. The highest BCUT2D eigenvalue weighted by Gasteiger charge is 2.08. The minimum atomic E-state index is 0.173. The largest absolute Gasteiger partial charge is 0.410 e. The number of hydrogen-bond donors (Lipinski definition) is 0. The maximum Gasteiger partial charge on any atom is 0.294 e. The van der Waals surface area contributed by atoms with Crippen molar-refractivity contribution in [1.82, 2.24) is 20.4 Å². The number of hydrogen-bond acceptors (Lipinski definition) is 6. The van der Waals surface area contributed by atoms with Crippen LogP contribution in [-0.4, -0.2) is 20.4 Å². The summed E-state index contributed by atoms with van der Waals surface area (Å²) in [6.45, 7) is 0. The molecule has 26 heavy (non-hydrogen) atoms. The van der Waals surface area contributed by atoms with Gasteiger partial charge in [0.25, 0.3) is 11.8 Å². The fraction of sp³-hybridized carbons (Fsp3) is 0. The molecule has 0 amide bonds. The molecule has 8 heteroatoms. The Hall–Kier alpha value is -2.76. The summed E-state index contributed by atoms with van der Waals surface area (Å²) in [4.78, 5) is 0. The Labute approximate surface area is 164 Å². The summed E-state index contributed by atoms with van der Waals surface area (Å²) in [5.74, 6) is 6.59. The summed E-state index contributed by atoms with van der Waals surface area (Å²) >= 11 is 6.76. The Balaban J connectivity index is 1.53. The zero-order chi connectivity index (χ0) is 17.9. The van der Waals surface area contributed by atoms with E-state index in [9.17, 15) is 0 Å². The Kier molecular flexibility index (Phi) is 4.65. The molecule has 2 aromatic carbocycles. The first kappa shape index (κ1) is 16.7. The van der Waals surface area contributed by atoms with Crippen LogP contribution in [0.15, 0.2) is 66.3 Å². The zero-order valence-corrected chi connectivity index (χ0v) is 16.2. The third-order valence-corrected chi connectivity index (χ3v) is 4.37. The van der Waals surface area contributed by atoms with Gasteiger partial charge in [0.2, 0.25) is 11.8 Å². The highest BCUT2D eigenvalue weighted by molar-refractivity contribution is 9.10. The molecule has 0 fully saturated rings. The van der Waals surface area contributed by atoms with E-state index in [-0.39, 0.29) is 11.8 Å². The van der Waals surface area contributed by atoms with Gasteiger partial charge in [-0.1, -0.05) is 42.1 Å². The van der Waals surface area contributed by atoms with Crippen molar-refractivity contribution in [2.45, 2.75) is 0 Å². The lowest BCUT2D eigenvalue weighted by molar-refractivity contribution is 0.549. The van der Waals surface area contributed by atoms with Gasteiger partial charge in [0.1, 0.15) is 0 Å². The Morgan fingerprint density at radius 1 is 0.577 bits per heavy atom. The third kappa shape index (κ3) is 3.74. The lowest BCUT2D eigenvalue weighted by Gasteiger charge is -1.93. The number of aromatic nitrogens is 4. The second-order valence-corrected chi connectivity index (χ2v) is 6.92. The topological polar surface area (TPSA) is 77.8 Å². The minimum Gasteiger partial charge on any atom is -0.410 e. The Bertz CT molecular complexity index is 1020. The van der Waals surface area contributed by atoms with E-state index in [4.69, 9.17) is 8.83 Å². The van der Waals surface area contributed by atoms with Crippen molar-refractivity contribution < 1.29 is 8.83 Å². The van der Waals surface area contributed by atoms with Crippen LogP contribution in [0.1, 0.15) is 11.8 Å². The molecule has 4 aromatic rings. The summed E-state index contributed by atoms with van der Waals surface area (Å²) in [6.07, 6.45) is 0. The van der Waals surface area contributed by atoms with E-state index < -0.39 is 0 Å². The average molecular weight is 472 g/mol. The number of benzene rings is 2. The molecule has 0 saturated heterocycles. The fourth-order valence-corrected chi connectivity index (χ4v) is 2.60. The van der Waals surface area contributed by atoms with E-state index in [0.29, 0.717) is 11.8 Å². The lowest BCUT2D eigenvalue weighted by Crippen LogP contribution is -1.77. The molecular formula is C18H8Br2N4O2. The van der Waals surface area contributed by atoms with Crippen LogP contribution < -0.4 is 0 Å². The summed E-state index contributed by atoms with van der Waals surface area (Å²) in [5, 5.41) is 15.8. The van der Waals surface area contributed by atoms with Gasteiger partial charge in [-0.2, -0.15) is 0 Å². The molecule has 0 aliphatic heterocycles. The van der Waals surface area contributed by atoms with Crippen molar-refractivity contribution in [2.75, 3.05) is 0 Å². The molecule has 0 atom stereocenters. The molecule has 0 unspecified atom stereocenters.